The number of rotatable bonds is 8. The minimum Gasteiger partial charge on any atom is -0.494 e. The van der Waals surface area contributed by atoms with Crippen LogP contribution in [-0.2, 0) is 19.6 Å². The van der Waals surface area contributed by atoms with Gasteiger partial charge < -0.3 is 19.9 Å². The van der Waals surface area contributed by atoms with Gasteiger partial charge in [0, 0.05) is 14.1 Å². The van der Waals surface area contributed by atoms with E-state index in [0.29, 0.717) is 38.5 Å². The predicted octanol–water partition coefficient (Wildman–Crippen LogP) is -1.82. The first-order valence-corrected chi connectivity index (χ1v) is 10.7. The number of ether oxygens (including phenoxy) is 1. The normalized spacial score (nSPS) is 15.8. The quantitative estimate of drug-likeness (QED) is 0.523. The van der Waals surface area contributed by atoms with Crippen molar-refractivity contribution in [2.75, 3.05) is 60.0 Å². The molecule has 1 fully saturated rings. The third kappa shape index (κ3) is 5.91. The molecule has 0 aromatic heterocycles. The summed E-state index contributed by atoms with van der Waals surface area (Å²) in [6, 6.07) is 6.40. The van der Waals surface area contributed by atoms with E-state index in [2.05, 4.69) is 5.32 Å². The lowest BCUT2D eigenvalue weighted by Crippen LogP contribution is -3.15. The van der Waals surface area contributed by atoms with E-state index in [1.807, 2.05) is 6.92 Å². The molecule has 2 N–H and O–H groups in total. The highest BCUT2D eigenvalue weighted by Gasteiger charge is 2.31. The Morgan fingerprint density at radius 3 is 2.32 bits per heavy atom. The van der Waals surface area contributed by atoms with E-state index in [9.17, 15) is 18.0 Å². The minimum atomic E-state index is -3.56. The van der Waals surface area contributed by atoms with Gasteiger partial charge in [0.15, 0.2) is 6.54 Å². The van der Waals surface area contributed by atoms with E-state index >= 15 is 0 Å². The minimum absolute atomic E-state index is 0.0304. The molecule has 28 heavy (non-hydrogen) atoms. The number of amides is 2. The lowest BCUT2D eigenvalue weighted by atomic mass is 10.3. The molecular formula is C18H29N4O5S+. The summed E-state index contributed by atoms with van der Waals surface area (Å²) >= 11 is 0. The van der Waals surface area contributed by atoms with Crippen molar-refractivity contribution in [3.63, 3.8) is 0 Å². The van der Waals surface area contributed by atoms with Crippen LogP contribution in [0.15, 0.2) is 29.2 Å². The molecule has 0 bridgehead atoms. The van der Waals surface area contributed by atoms with E-state index in [0.717, 1.165) is 4.90 Å². The van der Waals surface area contributed by atoms with E-state index < -0.39 is 10.0 Å². The van der Waals surface area contributed by atoms with Crippen LogP contribution in [0.4, 0.5) is 0 Å². The fraction of sp³-hybridized carbons (Fsp3) is 0.556. The van der Waals surface area contributed by atoms with Crippen molar-refractivity contribution in [1.29, 1.82) is 0 Å². The van der Waals surface area contributed by atoms with E-state index in [-0.39, 0.29) is 29.8 Å². The van der Waals surface area contributed by atoms with Gasteiger partial charge >= 0.3 is 0 Å². The topological polar surface area (TPSA) is 100 Å². The number of hydrogen-bond acceptors (Lipinski definition) is 5. The number of piperazine rings is 1. The molecule has 0 radical (unpaired) electrons. The molecule has 1 heterocycles. The lowest BCUT2D eigenvalue weighted by Gasteiger charge is -2.31. The average Bonchev–Trinajstić information content (AvgIpc) is 2.67. The summed E-state index contributed by atoms with van der Waals surface area (Å²) in [4.78, 5) is 26.1. The van der Waals surface area contributed by atoms with Gasteiger partial charge in [-0.05, 0) is 31.2 Å². The van der Waals surface area contributed by atoms with Gasteiger partial charge in [-0.25, -0.2) is 8.42 Å². The van der Waals surface area contributed by atoms with Crippen LogP contribution in [-0.4, -0.2) is 89.4 Å². The summed E-state index contributed by atoms with van der Waals surface area (Å²) in [5.41, 5.74) is 0. The molecule has 1 aliphatic rings. The highest BCUT2D eigenvalue weighted by atomic mass is 32.2. The van der Waals surface area contributed by atoms with E-state index in [1.54, 1.807) is 38.4 Å². The van der Waals surface area contributed by atoms with Crippen LogP contribution in [0.25, 0.3) is 0 Å². The predicted molar refractivity (Wildman–Crippen MR) is 104 cm³/mol. The molecular weight excluding hydrogens is 384 g/mol. The number of benzene rings is 1. The fourth-order valence-corrected chi connectivity index (χ4v) is 4.31. The first-order chi connectivity index (χ1) is 13.2. The van der Waals surface area contributed by atoms with Crippen LogP contribution in [0.2, 0.25) is 0 Å². The zero-order valence-electron chi connectivity index (χ0n) is 16.6. The Labute approximate surface area is 166 Å². The number of sulfonamides is 1. The smallest absolute Gasteiger partial charge is 0.275 e. The van der Waals surface area contributed by atoms with Gasteiger partial charge in [0.1, 0.15) is 5.75 Å². The number of hydrogen-bond donors (Lipinski definition) is 2. The molecule has 0 saturated carbocycles. The van der Waals surface area contributed by atoms with Gasteiger partial charge in [-0.3, -0.25) is 9.59 Å². The van der Waals surface area contributed by atoms with E-state index in [1.165, 1.54) is 9.21 Å². The second-order valence-electron chi connectivity index (χ2n) is 6.80. The zero-order valence-corrected chi connectivity index (χ0v) is 17.4. The first kappa shape index (κ1) is 22.1. The maximum absolute atomic E-state index is 12.8. The molecule has 2 amide bonds. The van der Waals surface area contributed by atoms with Gasteiger partial charge in [0.25, 0.3) is 5.91 Å². The number of nitrogens with zero attached hydrogens (tertiary/aromatic N) is 2. The average molecular weight is 414 g/mol. The van der Waals surface area contributed by atoms with Gasteiger partial charge in [0.2, 0.25) is 15.9 Å². The summed E-state index contributed by atoms with van der Waals surface area (Å²) in [6.45, 7) is 4.33. The number of nitrogens with one attached hydrogen (secondary N) is 2. The Morgan fingerprint density at radius 2 is 1.79 bits per heavy atom. The van der Waals surface area contributed by atoms with Crippen molar-refractivity contribution < 1.29 is 27.6 Å². The first-order valence-electron chi connectivity index (χ1n) is 9.27. The van der Waals surface area contributed by atoms with Crippen molar-refractivity contribution in [1.82, 2.24) is 14.5 Å². The summed E-state index contributed by atoms with van der Waals surface area (Å²) < 4.78 is 32.4. The molecule has 0 unspecified atom stereocenters. The second-order valence-corrected chi connectivity index (χ2v) is 8.74. The summed E-state index contributed by atoms with van der Waals surface area (Å²) in [7, 11) is -0.305. The van der Waals surface area contributed by atoms with Crippen molar-refractivity contribution in [2.45, 2.75) is 11.8 Å². The van der Waals surface area contributed by atoms with Crippen LogP contribution in [0.5, 0.6) is 5.75 Å². The Kier molecular flexibility index (Phi) is 7.78. The monoisotopic (exact) mass is 413 g/mol. The molecule has 1 aromatic rings. The highest BCUT2D eigenvalue weighted by Crippen LogP contribution is 2.19. The second kappa shape index (κ2) is 9.85. The third-order valence-electron chi connectivity index (χ3n) is 4.55. The third-order valence-corrected chi connectivity index (χ3v) is 6.46. The molecule has 1 aliphatic heterocycles. The summed E-state index contributed by atoms with van der Waals surface area (Å²) in [5.74, 6) is 0.247. The SMILES string of the molecule is CCOc1ccc(S(=O)(=O)N2CC[NH+](CC(=O)NCC(=O)N(C)C)CC2)cc1. The van der Waals surface area contributed by atoms with Crippen molar-refractivity contribution in [2.24, 2.45) is 0 Å². The Morgan fingerprint density at radius 1 is 1.18 bits per heavy atom. The van der Waals surface area contributed by atoms with Gasteiger partial charge in [-0.2, -0.15) is 4.31 Å². The van der Waals surface area contributed by atoms with Crippen molar-refractivity contribution in [3.8, 4) is 5.75 Å². The summed E-state index contributed by atoms with van der Waals surface area (Å²) in [5, 5.41) is 2.60. The molecule has 1 aromatic carbocycles. The molecule has 156 valence electrons. The van der Waals surface area contributed by atoms with E-state index in [4.69, 9.17) is 4.74 Å². The Balaban J connectivity index is 1.85. The fourth-order valence-electron chi connectivity index (χ4n) is 2.87. The number of likely N-dealkylation sites (N-methyl/N-ethyl adjacent to an activating group) is 1. The Bertz CT molecular complexity index is 772. The molecule has 0 aliphatic carbocycles. The summed E-state index contributed by atoms with van der Waals surface area (Å²) in [6.07, 6.45) is 0. The molecule has 2 rings (SSSR count). The number of carbonyl (C=O) groups excluding carboxylic acids is 2. The maximum Gasteiger partial charge on any atom is 0.275 e. The van der Waals surface area contributed by atoms with Crippen LogP contribution in [0, 0.1) is 0 Å². The number of quaternary nitrogens is 1. The lowest BCUT2D eigenvalue weighted by molar-refractivity contribution is -0.895. The zero-order chi connectivity index (χ0) is 20.7. The number of carbonyl (C=O) groups is 2. The van der Waals surface area contributed by atoms with Gasteiger partial charge in [-0.15, -0.1) is 0 Å². The molecule has 10 heteroatoms. The molecule has 0 spiro atoms. The van der Waals surface area contributed by atoms with Crippen molar-refractivity contribution in [3.05, 3.63) is 24.3 Å². The van der Waals surface area contributed by atoms with Crippen LogP contribution >= 0.6 is 0 Å². The maximum atomic E-state index is 12.8. The highest BCUT2D eigenvalue weighted by molar-refractivity contribution is 7.89. The van der Waals surface area contributed by atoms with Crippen molar-refractivity contribution >= 4 is 21.8 Å². The van der Waals surface area contributed by atoms with Gasteiger partial charge in [-0.1, -0.05) is 0 Å². The van der Waals surface area contributed by atoms with Crippen LogP contribution in [0.3, 0.4) is 0 Å². The standard InChI is InChI=1S/C18H28N4O5S/c1-4-27-15-5-7-16(8-6-15)28(25,26)22-11-9-21(10-12-22)14-17(23)19-13-18(24)20(2)3/h5-8H,4,9-14H2,1-3H3,(H,19,23)/p+1. The van der Waals surface area contributed by atoms with Crippen LogP contribution < -0.4 is 15.0 Å². The van der Waals surface area contributed by atoms with Gasteiger partial charge in [0.05, 0.1) is 44.2 Å². The molecule has 9 nitrogen and oxygen atoms in total. The van der Waals surface area contributed by atoms with Crippen LogP contribution in [0.1, 0.15) is 6.92 Å². The largest absolute Gasteiger partial charge is 0.494 e. The Hall–Kier alpha value is -2.17. The molecule has 1 saturated heterocycles. The molecule has 0 atom stereocenters.